The van der Waals surface area contributed by atoms with Crippen molar-refractivity contribution in [3.8, 4) is 6.08 Å². The van der Waals surface area contributed by atoms with E-state index >= 15 is 0 Å². The Hall–Kier alpha value is -2.24. The number of likely N-dealkylation sites (tertiary alicyclic amines) is 1. The number of fused-ring (bicyclic) bond motifs is 1. The topological polar surface area (TPSA) is 64.8 Å². The van der Waals surface area contributed by atoms with Crippen molar-refractivity contribution in [3.05, 3.63) is 24.3 Å². The molecule has 1 aliphatic heterocycles. The fourth-order valence-electron chi connectivity index (χ4n) is 2.80. The summed E-state index contributed by atoms with van der Waals surface area (Å²) in [4.78, 5) is 18.2. The highest BCUT2D eigenvalue weighted by atomic mass is 16.6. The third-order valence-electron chi connectivity index (χ3n) is 3.89. The number of nitrogens with zero attached hydrogens (tertiary/aromatic N) is 2. The van der Waals surface area contributed by atoms with Crippen LogP contribution in [0.2, 0.25) is 0 Å². The zero-order valence-corrected chi connectivity index (χ0v) is 14.4. The summed E-state index contributed by atoms with van der Waals surface area (Å²) in [6.07, 6.45) is 1.99. The maximum atomic E-state index is 12.2. The minimum atomic E-state index is -0.473. The molecule has 1 atom stereocenters. The maximum Gasteiger partial charge on any atom is 0.410 e. The maximum absolute atomic E-state index is 12.2. The lowest BCUT2D eigenvalue weighted by atomic mass is 9.99. The Morgan fingerprint density at radius 1 is 1.38 bits per heavy atom. The van der Waals surface area contributed by atoms with E-state index in [1.807, 2.05) is 45.0 Å². The molecule has 0 aliphatic carbocycles. The van der Waals surface area contributed by atoms with Gasteiger partial charge in [0.2, 0.25) is 0 Å². The number of oxazole rings is 1. The standard InChI is InChI=1S/C18H24N2O4/c1-18(2,3)24-17(21)20-10-6-7-13(11-20)12-22-16-19-14-8-4-5-9-15(14)23-16/h4-5,8-9,13H,6-7,10-12H2,1-3H3/t13-/m1/s1. The van der Waals surface area contributed by atoms with E-state index in [0.29, 0.717) is 18.7 Å². The van der Waals surface area contributed by atoms with Gasteiger partial charge in [0.15, 0.2) is 5.58 Å². The molecule has 0 saturated carbocycles. The van der Waals surface area contributed by atoms with Crippen molar-refractivity contribution >= 4 is 17.2 Å². The molecule has 130 valence electrons. The number of hydrogen-bond donors (Lipinski definition) is 0. The lowest BCUT2D eigenvalue weighted by molar-refractivity contribution is 0.0132. The average molecular weight is 332 g/mol. The highest BCUT2D eigenvalue weighted by Crippen LogP contribution is 2.23. The molecule has 0 N–H and O–H groups in total. The Labute approximate surface area is 141 Å². The van der Waals surface area contributed by atoms with Gasteiger partial charge in [-0.3, -0.25) is 0 Å². The highest BCUT2D eigenvalue weighted by molar-refractivity contribution is 5.72. The van der Waals surface area contributed by atoms with Crippen LogP contribution in [-0.2, 0) is 4.74 Å². The Balaban J connectivity index is 1.54. The first kappa shape index (κ1) is 16.6. The second kappa shape index (κ2) is 6.71. The van der Waals surface area contributed by atoms with Gasteiger partial charge in [0.1, 0.15) is 11.1 Å². The molecule has 1 saturated heterocycles. The fourth-order valence-corrected chi connectivity index (χ4v) is 2.80. The number of ether oxygens (including phenoxy) is 2. The predicted molar refractivity (Wildman–Crippen MR) is 90.0 cm³/mol. The van der Waals surface area contributed by atoms with Crippen molar-refractivity contribution in [3.63, 3.8) is 0 Å². The van der Waals surface area contributed by atoms with Crippen molar-refractivity contribution in [1.82, 2.24) is 9.88 Å². The molecule has 2 heterocycles. The van der Waals surface area contributed by atoms with Crippen molar-refractivity contribution in [2.24, 2.45) is 5.92 Å². The van der Waals surface area contributed by atoms with Crippen LogP contribution in [0.3, 0.4) is 0 Å². The molecule has 6 nitrogen and oxygen atoms in total. The van der Waals surface area contributed by atoms with E-state index in [4.69, 9.17) is 13.9 Å². The number of carbonyl (C=O) groups is 1. The van der Waals surface area contributed by atoms with Crippen molar-refractivity contribution in [2.75, 3.05) is 19.7 Å². The summed E-state index contributed by atoms with van der Waals surface area (Å²) in [6, 6.07) is 7.56. The van der Waals surface area contributed by atoms with Crippen molar-refractivity contribution in [1.29, 1.82) is 0 Å². The summed E-state index contributed by atoms with van der Waals surface area (Å²) >= 11 is 0. The number of rotatable bonds is 3. The molecule has 2 aromatic rings. The first-order valence-electron chi connectivity index (χ1n) is 8.37. The van der Waals surface area contributed by atoms with Gasteiger partial charge in [-0.2, -0.15) is 4.98 Å². The second-order valence-corrected chi connectivity index (χ2v) is 7.19. The Kier molecular flexibility index (Phi) is 4.64. The van der Waals surface area contributed by atoms with E-state index < -0.39 is 5.60 Å². The lowest BCUT2D eigenvalue weighted by Crippen LogP contribution is -2.44. The van der Waals surface area contributed by atoms with Crippen LogP contribution in [0, 0.1) is 5.92 Å². The van der Waals surface area contributed by atoms with Crippen LogP contribution in [0.15, 0.2) is 28.7 Å². The van der Waals surface area contributed by atoms with Gasteiger partial charge in [-0.15, -0.1) is 0 Å². The minimum absolute atomic E-state index is 0.251. The molecule has 3 rings (SSSR count). The lowest BCUT2D eigenvalue weighted by Gasteiger charge is -2.33. The molecular weight excluding hydrogens is 308 g/mol. The number of hydrogen-bond acceptors (Lipinski definition) is 5. The Morgan fingerprint density at radius 3 is 2.92 bits per heavy atom. The largest absolute Gasteiger partial charge is 0.450 e. The van der Waals surface area contributed by atoms with Crippen LogP contribution < -0.4 is 4.74 Å². The van der Waals surface area contributed by atoms with Crippen LogP contribution in [-0.4, -0.2) is 41.3 Å². The summed E-state index contributed by atoms with van der Waals surface area (Å²) in [5.41, 5.74) is 1.02. The SMILES string of the molecule is CC(C)(C)OC(=O)N1CCC[C@@H](COc2nc3ccccc3o2)C1. The molecule has 1 aliphatic rings. The molecule has 0 radical (unpaired) electrons. The molecule has 0 unspecified atom stereocenters. The zero-order valence-electron chi connectivity index (χ0n) is 14.4. The van der Waals surface area contributed by atoms with Gasteiger partial charge in [0.05, 0.1) is 6.61 Å². The van der Waals surface area contributed by atoms with Gasteiger partial charge >= 0.3 is 12.2 Å². The third-order valence-corrected chi connectivity index (χ3v) is 3.89. The number of aromatic nitrogens is 1. The summed E-state index contributed by atoms with van der Waals surface area (Å²) < 4.78 is 16.7. The molecule has 1 aromatic carbocycles. The van der Waals surface area contributed by atoms with Crippen molar-refractivity contribution < 1.29 is 18.7 Å². The van der Waals surface area contributed by atoms with Gasteiger partial charge in [-0.25, -0.2) is 4.79 Å². The second-order valence-electron chi connectivity index (χ2n) is 7.19. The number of para-hydroxylation sites is 2. The van der Waals surface area contributed by atoms with Gasteiger partial charge in [0, 0.05) is 19.0 Å². The molecule has 0 bridgehead atoms. The predicted octanol–water partition coefficient (Wildman–Crippen LogP) is 3.85. The van der Waals surface area contributed by atoms with E-state index in [1.54, 1.807) is 4.90 Å². The summed E-state index contributed by atoms with van der Waals surface area (Å²) in [5, 5.41) is 0. The Morgan fingerprint density at radius 2 is 2.17 bits per heavy atom. The van der Waals surface area contributed by atoms with E-state index in [2.05, 4.69) is 4.98 Å². The molecule has 1 aromatic heterocycles. The minimum Gasteiger partial charge on any atom is -0.450 e. The van der Waals surface area contributed by atoms with Gasteiger partial charge in [-0.05, 0) is 45.7 Å². The van der Waals surface area contributed by atoms with Crippen LogP contribution in [0.25, 0.3) is 11.1 Å². The van der Waals surface area contributed by atoms with E-state index in [-0.39, 0.29) is 18.1 Å². The quantitative estimate of drug-likeness (QED) is 0.854. The van der Waals surface area contributed by atoms with E-state index in [0.717, 1.165) is 24.9 Å². The Bertz CT molecular complexity index is 671. The number of piperidine rings is 1. The van der Waals surface area contributed by atoms with Crippen LogP contribution in [0.4, 0.5) is 4.79 Å². The number of benzene rings is 1. The van der Waals surface area contributed by atoms with Crippen LogP contribution >= 0.6 is 0 Å². The monoisotopic (exact) mass is 332 g/mol. The molecular formula is C18H24N2O4. The molecule has 1 amide bonds. The number of carbonyl (C=O) groups excluding carboxylic acids is 1. The van der Waals surface area contributed by atoms with Crippen LogP contribution in [0.1, 0.15) is 33.6 Å². The fraction of sp³-hybridized carbons (Fsp3) is 0.556. The highest BCUT2D eigenvalue weighted by Gasteiger charge is 2.28. The summed E-state index contributed by atoms with van der Waals surface area (Å²) in [6.45, 7) is 7.48. The molecule has 6 heteroatoms. The molecule has 1 fully saturated rings. The smallest absolute Gasteiger partial charge is 0.410 e. The zero-order chi connectivity index (χ0) is 17.2. The van der Waals surface area contributed by atoms with E-state index in [9.17, 15) is 4.79 Å². The van der Waals surface area contributed by atoms with E-state index in [1.165, 1.54) is 0 Å². The van der Waals surface area contributed by atoms with Gasteiger partial charge < -0.3 is 18.8 Å². The molecule has 0 spiro atoms. The molecule has 24 heavy (non-hydrogen) atoms. The first-order valence-corrected chi connectivity index (χ1v) is 8.37. The van der Waals surface area contributed by atoms with Crippen molar-refractivity contribution in [2.45, 2.75) is 39.2 Å². The average Bonchev–Trinajstić information content (AvgIpc) is 2.94. The van der Waals surface area contributed by atoms with Crippen LogP contribution in [0.5, 0.6) is 6.08 Å². The third kappa shape index (κ3) is 4.19. The first-order chi connectivity index (χ1) is 11.4. The number of amides is 1. The summed E-state index contributed by atoms with van der Waals surface area (Å²) in [7, 11) is 0. The van der Waals surface area contributed by atoms with Gasteiger partial charge in [-0.1, -0.05) is 12.1 Å². The normalized spacial score (nSPS) is 18.6. The van der Waals surface area contributed by atoms with Gasteiger partial charge in [0.25, 0.3) is 0 Å². The summed E-state index contributed by atoms with van der Waals surface area (Å²) in [5.74, 6) is 0.251.